The monoisotopic (exact) mass is 94.1 g/mol. The Balaban J connectivity index is 2.29. The minimum absolute atomic E-state index is 0.755. The third kappa shape index (κ3) is 0.962. The van der Waals surface area contributed by atoms with E-state index in [2.05, 4.69) is 18.8 Å². The molecule has 0 saturated heterocycles. The summed E-state index contributed by atoms with van der Waals surface area (Å²) in [5, 5.41) is 0. The van der Waals surface area contributed by atoms with Gasteiger partial charge in [0.15, 0.2) is 0 Å². The van der Waals surface area contributed by atoms with Crippen LogP contribution in [0.4, 0.5) is 0 Å². The normalized spacial score (nSPS) is 36.3. The van der Waals surface area contributed by atoms with Gasteiger partial charge in [0.2, 0.25) is 0 Å². The summed E-state index contributed by atoms with van der Waals surface area (Å²) in [4.78, 5) is 0. The Morgan fingerprint density at radius 1 is 1.57 bits per heavy atom. The lowest BCUT2D eigenvalue weighted by Crippen LogP contribution is -1.66. The van der Waals surface area contributed by atoms with Crippen molar-refractivity contribution in [2.75, 3.05) is 0 Å². The molecule has 0 aromatic rings. The minimum Gasteiger partial charge on any atom is -0.106 e. The zero-order valence-corrected chi connectivity index (χ0v) is 4.86. The highest BCUT2D eigenvalue weighted by Gasteiger charge is 2.30. The van der Waals surface area contributed by atoms with Crippen molar-refractivity contribution in [1.29, 1.82) is 0 Å². The molecule has 1 aliphatic carbocycles. The summed E-state index contributed by atoms with van der Waals surface area (Å²) in [5.41, 5.74) is 0. The van der Waals surface area contributed by atoms with Crippen LogP contribution in [0.25, 0.3) is 0 Å². The van der Waals surface area contributed by atoms with Crippen LogP contribution in [0, 0.1) is 23.7 Å². The summed E-state index contributed by atoms with van der Waals surface area (Å²) < 4.78 is 0. The molecule has 2 atom stereocenters. The Morgan fingerprint density at radius 2 is 2.14 bits per heavy atom. The Hall–Kier alpha value is -0.440. The lowest BCUT2D eigenvalue weighted by Gasteiger charge is -1.70. The maximum absolute atomic E-state index is 3.12. The molecule has 0 bridgehead atoms. The lowest BCUT2D eigenvalue weighted by atomic mass is 10.3. The second-order valence-electron chi connectivity index (χ2n) is 2.21. The van der Waals surface area contributed by atoms with Crippen molar-refractivity contribution in [3.05, 3.63) is 0 Å². The van der Waals surface area contributed by atoms with Crippen LogP contribution in [0.2, 0.25) is 0 Å². The molecular formula is C7H10. The molecule has 0 aliphatic heterocycles. The summed E-state index contributed by atoms with van der Waals surface area (Å²) >= 11 is 0. The molecule has 0 nitrogen and oxygen atoms in total. The van der Waals surface area contributed by atoms with Crippen molar-refractivity contribution in [2.45, 2.75) is 20.3 Å². The van der Waals surface area contributed by atoms with Gasteiger partial charge in [-0.2, -0.15) is 0 Å². The molecule has 2 unspecified atom stereocenters. The first-order chi connectivity index (χ1) is 3.34. The fourth-order valence-electron chi connectivity index (χ4n) is 0.709. The van der Waals surface area contributed by atoms with Gasteiger partial charge in [0.1, 0.15) is 0 Å². The highest BCUT2D eigenvalue weighted by molar-refractivity contribution is 5.10. The van der Waals surface area contributed by atoms with Crippen LogP contribution in [-0.2, 0) is 0 Å². The first-order valence-electron chi connectivity index (χ1n) is 2.77. The molecular weight excluding hydrogens is 84.1 g/mol. The van der Waals surface area contributed by atoms with Crippen LogP contribution < -0.4 is 0 Å². The van der Waals surface area contributed by atoms with E-state index in [1.165, 1.54) is 6.42 Å². The average molecular weight is 94.2 g/mol. The molecule has 0 amide bonds. The van der Waals surface area contributed by atoms with Gasteiger partial charge in [0, 0.05) is 5.92 Å². The molecule has 1 rings (SSSR count). The number of hydrogen-bond acceptors (Lipinski definition) is 0. The van der Waals surface area contributed by atoms with Gasteiger partial charge in [-0.05, 0) is 19.3 Å². The third-order valence-electron chi connectivity index (χ3n) is 1.44. The first-order valence-corrected chi connectivity index (χ1v) is 2.77. The van der Waals surface area contributed by atoms with Gasteiger partial charge in [-0.1, -0.05) is 12.8 Å². The second kappa shape index (κ2) is 1.58. The number of rotatable bonds is 0. The van der Waals surface area contributed by atoms with Crippen molar-refractivity contribution in [1.82, 2.24) is 0 Å². The van der Waals surface area contributed by atoms with Gasteiger partial charge >= 0.3 is 0 Å². The fourth-order valence-corrected chi connectivity index (χ4v) is 0.709. The second-order valence-corrected chi connectivity index (χ2v) is 2.21. The maximum Gasteiger partial charge on any atom is 0.0231 e. The molecule has 0 heterocycles. The van der Waals surface area contributed by atoms with Crippen molar-refractivity contribution in [2.24, 2.45) is 11.8 Å². The summed E-state index contributed by atoms with van der Waals surface area (Å²) in [6.07, 6.45) is 1.33. The Kier molecular flexibility index (Phi) is 1.06. The van der Waals surface area contributed by atoms with Crippen LogP contribution in [-0.4, -0.2) is 0 Å². The zero-order valence-electron chi connectivity index (χ0n) is 4.86. The SMILES string of the molecule is CC#CC1CC1C. The quantitative estimate of drug-likeness (QED) is 0.400. The van der Waals surface area contributed by atoms with Crippen LogP contribution in [0.3, 0.4) is 0 Å². The number of hydrogen-bond donors (Lipinski definition) is 0. The zero-order chi connectivity index (χ0) is 5.28. The molecule has 7 heavy (non-hydrogen) atoms. The summed E-state index contributed by atoms with van der Waals surface area (Å²) in [7, 11) is 0. The molecule has 0 spiro atoms. The minimum atomic E-state index is 0.755. The highest BCUT2D eigenvalue weighted by Crippen LogP contribution is 2.36. The van der Waals surface area contributed by atoms with Gasteiger partial charge in [-0.25, -0.2) is 0 Å². The predicted molar refractivity (Wildman–Crippen MR) is 30.7 cm³/mol. The van der Waals surface area contributed by atoms with E-state index in [4.69, 9.17) is 0 Å². The van der Waals surface area contributed by atoms with E-state index >= 15 is 0 Å². The molecule has 0 radical (unpaired) electrons. The summed E-state index contributed by atoms with van der Waals surface area (Å²) in [6, 6.07) is 0. The Bertz CT molecular complexity index is 114. The Labute approximate surface area is 44.9 Å². The molecule has 0 aromatic heterocycles. The largest absolute Gasteiger partial charge is 0.106 e. The first kappa shape index (κ1) is 4.71. The predicted octanol–water partition coefficient (Wildman–Crippen LogP) is 1.67. The molecule has 0 N–H and O–H groups in total. The van der Waals surface area contributed by atoms with E-state index in [1.807, 2.05) is 6.92 Å². The van der Waals surface area contributed by atoms with Crippen LogP contribution in [0.15, 0.2) is 0 Å². The van der Waals surface area contributed by atoms with E-state index in [-0.39, 0.29) is 0 Å². The van der Waals surface area contributed by atoms with Gasteiger partial charge in [0.05, 0.1) is 0 Å². The van der Waals surface area contributed by atoms with E-state index in [0.29, 0.717) is 0 Å². The van der Waals surface area contributed by atoms with Crippen molar-refractivity contribution < 1.29 is 0 Å². The van der Waals surface area contributed by atoms with Gasteiger partial charge in [0.25, 0.3) is 0 Å². The van der Waals surface area contributed by atoms with Gasteiger partial charge < -0.3 is 0 Å². The molecule has 1 fully saturated rings. The maximum atomic E-state index is 3.12. The van der Waals surface area contributed by atoms with E-state index in [9.17, 15) is 0 Å². The molecule has 0 heteroatoms. The topological polar surface area (TPSA) is 0 Å². The van der Waals surface area contributed by atoms with Crippen LogP contribution in [0.5, 0.6) is 0 Å². The molecule has 38 valence electrons. The highest BCUT2D eigenvalue weighted by atomic mass is 14.3. The fraction of sp³-hybridized carbons (Fsp3) is 0.714. The lowest BCUT2D eigenvalue weighted by molar-refractivity contribution is 0.917. The van der Waals surface area contributed by atoms with Crippen LogP contribution in [0.1, 0.15) is 20.3 Å². The van der Waals surface area contributed by atoms with Crippen molar-refractivity contribution in [3.63, 3.8) is 0 Å². The van der Waals surface area contributed by atoms with Gasteiger partial charge in [-0.15, -0.1) is 5.92 Å². The smallest absolute Gasteiger partial charge is 0.0231 e. The summed E-state index contributed by atoms with van der Waals surface area (Å²) in [5.74, 6) is 7.68. The third-order valence-corrected chi connectivity index (χ3v) is 1.44. The molecule has 1 saturated carbocycles. The molecule has 1 aliphatic rings. The van der Waals surface area contributed by atoms with Crippen molar-refractivity contribution >= 4 is 0 Å². The van der Waals surface area contributed by atoms with Crippen LogP contribution >= 0.6 is 0 Å². The van der Waals surface area contributed by atoms with E-state index in [1.54, 1.807) is 0 Å². The van der Waals surface area contributed by atoms with E-state index < -0.39 is 0 Å². The molecule has 0 aromatic carbocycles. The standard InChI is InChI=1S/C7H10/c1-3-4-7-5-6(7)2/h6-7H,5H2,1-2H3. The van der Waals surface area contributed by atoms with Gasteiger partial charge in [-0.3, -0.25) is 0 Å². The summed E-state index contributed by atoms with van der Waals surface area (Å²) in [6.45, 7) is 4.15. The van der Waals surface area contributed by atoms with Crippen molar-refractivity contribution in [3.8, 4) is 11.8 Å². The Morgan fingerprint density at radius 3 is 2.29 bits per heavy atom. The van der Waals surface area contributed by atoms with E-state index in [0.717, 1.165) is 11.8 Å². The average Bonchev–Trinajstić information content (AvgIpc) is 2.22.